The smallest absolute Gasteiger partial charge is 0.324 e. The number of rotatable bonds is 5. The van der Waals surface area contributed by atoms with E-state index in [0.29, 0.717) is 38.3 Å². The normalized spacial score (nSPS) is 18.1. The molecule has 2 aromatic rings. The summed E-state index contributed by atoms with van der Waals surface area (Å²) in [6.45, 7) is 3.13. The summed E-state index contributed by atoms with van der Waals surface area (Å²) in [5.74, 6) is 0.323. The number of amides is 4. The number of nitrogens with zero attached hydrogens (tertiary/aromatic N) is 3. The molecule has 0 saturated carbocycles. The molecule has 2 aliphatic heterocycles. The van der Waals surface area contributed by atoms with Crippen molar-refractivity contribution in [2.24, 2.45) is 0 Å². The van der Waals surface area contributed by atoms with Crippen LogP contribution in [0.2, 0.25) is 0 Å². The fraction of sp³-hybridized carbons (Fsp3) is 0.364. The lowest BCUT2D eigenvalue weighted by atomic mass is 9.87. The Bertz CT molecular complexity index is 1040. The zero-order chi connectivity index (χ0) is 22.0. The van der Waals surface area contributed by atoms with Crippen LogP contribution in [0.1, 0.15) is 29.1 Å². The molecule has 1 aromatic heterocycles. The summed E-state index contributed by atoms with van der Waals surface area (Å²) in [6, 6.07) is 7.14. The minimum absolute atomic E-state index is 0.134. The molecule has 9 heteroatoms. The molecule has 1 spiro atoms. The van der Waals surface area contributed by atoms with Gasteiger partial charge >= 0.3 is 6.03 Å². The molecule has 8 nitrogen and oxygen atoms in total. The molecule has 3 heterocycles. The predicted molar refractivity (Wildman–Crippen MR) is 117 cm³/mol. The van der Waals surface area contributed by atoms with Crippen LogP contribution in [-0.2, 0) is 16.2 Å². The highest BCUT2D eigenvalue weighted by molar-refractivity contribution is 7.09. The molecule has 0 radical (unpaired) electrons. The fourth-order valence-corrected chi connectivity index (χ4v) is 4.44. The molecule has 1 N–H and O–H groups in total. The lowest BCUT2D eigenvalue weighted by molar-refractivity contribution is -0.135. The standard InChI is InChI=1S/C22H24N4O4S/c1-15-23-17(14-31-15)13-30-18-6-4-3-5-16(18)7-8-19(27)26-11-9-22(10-12-26)20(28)25(2)21(29)24-22/h3-8,14H,9-13H2,1-2H3,(H,24,29)/b8-7+. The Morgan fingerprint density at radius 1 is 1.29 bits per heavy atom. The van der Waals surface area contributed by atoms with E-state index in [4.69, 9.17) is 4.74 Å². The summed E-state index contributed by atoms with van der Waals surface area (Å²) in [5, 5.41) is 5.74. The number of likely N-dealkylation sites (N-methyl/N-ethyl adjacent to an activating group) is 1. The molecule has 162 valence electrons. The Kier molecular flexibility index (Phi) is 5.77. The zero-order valence-corrected chi connectivity index (χ0v) is 18.3. The molecular formula is C22H24N4O4S. The van der Waals surface area contributed by atoms with Gasteiger partial charge in [0.15, 0.2) is 0 Å². The molecule has 0 bridgehead atoms. The summed E-state index contributed by atoms with van der Waals surface area (Å²) in [5.41, 5.74) is 0.802. The number of thiazole rings is 1. The van der Waals surface area contributed by atoms with Gasteiger partial charge in [-0.2, -0.15) is 0 Å². The molecule has 0 aliphatic carbocycles. The second-order valence-electron chi connectivity index (χ2n) is 7.72. The number of hydrogen-bond acceptors (Lipinski definition) is 6. The maximum atomic E-state index is 12.7. The molecule has 4 amide bonds. The van der Waals surface area contributed by atoms with E-state index in [1.807, 2.05) is 36.6 Å². The number of imide groups is 1. The van der Waals surface area contributed by atoms with Gasteiger partial charge in [-0.15, -0.1) is 11.3 Å². The van der Waals surface area contributed by atoms with Gasteiger partial charge in [-0.1, -0.05) is 18.2 Å². The molecule has 1 aromatic carbocycles. The number of hydrogen-bond donors (Lipinski definition) is 1. The minimum atomic E-state index is -0.874. The average Bonchev–Trinajstić information content (AvgIpc) is 3.28. The second-order valence-corrected chi connectivity index (χ2v) is 8.78. The number of urea groups is 1. The highest BCUT2D eigenvalue weighted by Gasteiger charge is 2.51. The Morgan fingerprint density at radius 2 is 2.03 bits per heavy atom. The van der Waals surface area contributed by atoms with Gasteiger partial charge in [0.1, 0.15) is 17.9 Å². The van der Waals surface area contributed by atoms with Crippen molar-refractivity contribution in [1.82, 2.24) is 20.1 Å². The van der Waals surface area contributed by atoms with E-state index < -0.39 is 5.54 Å². The molecule has 0 unspecified atom stereocenters. The summed E-state index contributed by atoms with van der Waals surface area (Å²) < 4.78 is 5.90. The third kappa shape index (κ3) is 4.32. The maximum absolute atomic E-state index is 12.7. The van der Waals surface area contributed by atoms with Crippen LogP contribution in [0.15, 0.2) is 35.7 Å². The van der Waals surface area contributed by atoms with Crippen LogP contribution < -0.4 is 10.1 Å². The lowest BCUT2D eigenvalue weighted by Gasteiger charge is -2.36. The Labute approximate surface area is 184 Å². The van der Waals surface area contributed by atoms with Crippen molar-refractivity contribution in [1.29, 1.82) is 0 Å². The first-order valence-electron chi connectivity index (χ1n) is 10.1. The van der Waals surface area contributed by atoms with Crippen LogP contribution in [0.5, 0.6) is 5.75 Å². The highest BCUT2D eigenvalue weighted by Crippen LogP contribution is 2.29. The van der Waals surface area contributed by atoms with E-state index in [9.17, 15) is 14.4 Å². The zero-order valence-electron chi connectivity index (χ0n) is 17.5. The van der Waals surface area contributed by atoms with Crippen LogP contribution in [0.4, 0.5) is 4.79 Å². The third-order valence-corrected chi connectivity index (χ3v) is 6.48. The second kappa shape index (κ2) is 8.50. The van der Waals surface area contributed by atoms with E-state index >= 15 is 0 Å². The van der Waals surface area contributed by atoms with Gasteiger partial charge < -0.3 is 15.0 Å². The van der Waals surface area contributed by atoms with Gasteiger partial charge in [0.2, 0.25) is 5.91 Å². The van der Waals surface area contributed by atoms with Crippen molar-refractivity contribution in [3.05, 3.63) is 52.0 Å². The van der Waals surface area contributed by atoms with Crippen LogP contribution in [0.25, 0.3) is 6.08 Å². The Morgan fingerprint density at radius 3 is 2.68 bits per heavy atom. The topological polar surface area (TPSA) is 91.8 Å². The van der Waals surface area contributed by atoms with E-state index in [1.165, 1.54) is 13.1 Å². The number of benzene rings is 1. The van der Waals surface area contributed by atoms with Crippen molar-refractivity contribution < 1.29 is 19.1 Å². The van der Waals surface area contributed by atoms with E-state index in [2.05, 4.69) is 10.3 Å². The molecule has 0 atom stereocenters. The van der Waals surface area contributed by atoms with Gasteiger partial charge in [-0.3, -0.25) is 14.5 Å². The number of likely N-dealkylation sites (tertiary alicyclic amines) is 1. The summed E-state index contributed by atoms with van der Waals surface area (Å²) >= 11 is 1.58. The number of para-hydroxylation sites is 1. The first-order valence-corrected chi connectivity index (χ1v) is 11.0. The number of nitrogens with one attached hydrogen (secondary N) is 1. The van der Waals surface area contributed by atoms with Gasteiger partial charge in [-0.25, -0.2) is 9.78 Å². The molecular weight excluding hydrogens is 416 g/mol. The summed E-state index contributed by atoms with van der Waals surface area (Å²) in [7, 11) is 1.47. The molecule has 2 saturated heterocycles. The first kappa shape index (κ1) is 21.0. The van der Waals surface area contributed by atoms with Crippen molar-refractivity contribution in [2.75, 3.05) is 20.1 Å². The quantitative estimate of drug-likeness (QED) is 0.570. The number of carbonyl (C=O) groups excluding carboxylic acids is 3. The van der Waals surface area contributed by atoms with E-state index in [0.717, 1.165) is 21.2 Å². The van der Waals surface area contributed by atoms with E-state index in [1.54, 1.807) is 22.3 Å². The van der Waals surface area contributed by atoms with Crippen molar-refractivity contribution in [3.8, 4) is 5.75 Å². The van der Waals surface area contributed by atoms with Crippen LogP contribution in [0.3, 0.4) is 0 Å². The number of aromatic nitrogens is 1. The number of carbonyl (C=O) groups is 3. The van der Waals surface area contributed by atoms with Crippen molar-refractivity contribution in [2.45, 2.75) is 31.9 Å². The number of ether oxygens (including phenoxy) is 1. The van der Waals surface area contributed by atoms with Crippen molar-refractivity contribution in [3.63, 3.8) is 0 Å². The Hall–Kier alpha value is -3.20. The molecule has 4 rings (SSSR count). The Balaban J connectivity index is 1.37. The van der Waals surface area contributed by atoms with Gasteiger partial charge in [0, 0.05) is 37.2 Å². The molecule has 2 fully saturated rings. The lowest BCUT2D eigenvalue weighted by Crippen LogP contribution is -2.55. The summed E-state index contributed by atoms with van der Waals surface area (Å²) in [6.07, 6.45) is 4.08. The highest BCUT2D eigenvalue weighted by atomic mass is 32.1. The fourth-order valence-electron chi connectivity index (χ4n) is 3.85. The van der Waals surface area contributed by atoms with Crippen LogP contribution in [0, 0.1) is 6.92 Å². The van der Waals surface area contributed by atoms with Crippen molar-refractivity contribution >= 4 is 35.3 Å². The van der Waals surface area contributed by atoms with Gasteiger partial charge in [0.25, 0.3) is 5.91 Å². The van der Waals surface area contributed by atoms with Crippen LogP contribution in [-0.4, -0.2) is 58.3 Å². The SMILES string of the molecule is Cc1nc(COc2ccccc2/C=C/C(=O)N2CCC3(CC2)NC(=O)N(C)C3=O)cs1. The average molecular weight is 441 g/mol. The largest absolute Gasteiger partial charge is 0.487 e. The molecule has 31 heavy (non-hydrogen) atoms. The first-order chi connectivity index (χ1) is 14.9. The third-order valence-electron chi connectivity index (χ3n) is 5.66. The summed E-state index contributed by atoms with van der Waals surface area (Å²) in [4.78, 5) is 44.1. The molecule has 2 aliphatic rings. The maximum Gasteiger partial charge on any atom is 0.324 e. The monoisotopic (exact) mass is 440 g/mol. The minimum Gasteiger partial charge on any atom is -0.487 e. The number of piperidine rings is 1. The van der Waals surface area contributed by atoms with Gasteiger partial charge in [-0.05, 0) is 31.9 Å². The van der Waals surface area contributed by atoms with E-state index in [-0.39, 0.29) is 17.8 Å². The number of aryl methyl sites for hydroxylation is 1. The van der Waals surface area contributed by atoms with Gasteiger partial charge in [0.05, 0.1) is 10.7 Å². The predicted octanol–water partition coefficient (Wildman–Crippen LogP) is 2.59. The van der Waals surface area contributed by atoms with Crippen LogP contribution >= 0.6 is 11.3 Å².